The number of ether oxygens (including phenoxy) is 2. The van der Waals surface area contributed by atoms with Gasteiger partial charge in [-0.1, -0.05) is 36.8 Å². The molecule has 0 spiro atoms. The van der Waals surface area contributed by atoms with Crippen molar-refractivity contribution >= 4 is 11.9 Å². The largest absolute Gasteiger partial charge is 0.468 e. The van der Waals surface area contributed by atoms with Gasteiger partial charge in [0.2, 0.25) is 0 Å². The zero-order chi connectivity index (χ0) is 15.8. The van der Waals surface area contributed by atoms with Gasteiger partial charge in [-0.3, -0.25) is 9.59 Å². The zero-order valence-electron chi connectivity index (χ0n) is 12.5. The Balaban J connectivity index is 2.17. The van der Waals surface area contributed by atoms with Gasteiger partial charge in [-0.15, -0.1) is 12.3 Å². The number of carbonyl (C=O) groups is 2. The molecule has 1 heterocycles. The Morgan fingerprint density at radius 1 is 1.41 bits per heavy atom. The summed E-state index contributed by atoms with van der Waals surface area (Å²) in [6, 6.07) is 9.49. The van der Waals surface area contributed by atoms with Gasteiger partial charge in [-0.2, -0.15) is 0 Å². The zero-order valence-corrected chi connectivity index (χ0v) is 12.5. The van der Waals surface area contributed by atoms with E-state index in [0.29, 0.717) is 19.3 Å². The number of methoxy groups -OCH3 is 1. The lowest BCUT2D eigenvalue weighted by molar-refractivity contribution is -0.165. The predicted molar refractivity (Wildman–Crippen MR) is 79.5 cm³/mol. The minimum atomic E-state index is -1.27. The Kier molecular flexibility index (Phi) is 3.44. The second-order valence-corrected chi connectivity index (χ2v) is 5.98. The van der Waals surface area contributed by atoms with Crippen molar-refractivity contribution in [3.05, 3.63) is 35.9 Å². The number of hydrogen-bond donors (Lipinski definition) is 0. The minimum Gasteiger partial charge on any atom is -0.468 e. The Bertz CT molecular complexity index is 645. The third-order valence-electron chi connectivity index (χ3n) is 5.15. The summed E-state index contributed by atoms with van der Waals surface area (Å²) < 4.78 is 10.6. The number of carbonyl (C=O) groups excluding carboxylic acids is 2. The highest BCUT2D eigenvalue weighted by Gasteiger charge is 2.74. The number of hydrogen-bond acceptors (Lipinski definition) is 4. The van der Waals surface area contributed by atoms with Crippen LogP contribution in [0.2, 0.25) is 0 Å². The first-order valence-electron chi connectivity index (χ1n) is 7.40. The molecular weight excluding hydrogens is 280 g/mol. The highest BCUT2D eigenvalue weighted by Crippen LogP contribution is 2.67. The summed E-state index contributed by atoms with van der Waals surface area (Å²) in [6.07, 6.45) is 7.26. The fraction of sp³-hybridized carbons (Fsp3) is 0.444. The lowest BCUT2D eigenvalue weighted by Gasteiger charge is -2.36. The summed E-state index contributed by atoms with van der Waals surface area (Å²) in [5.41, 5.74) is -1.11. The number of esters is 2. The van der Waals surface area contributed by atoms with Crippen molar-refractivity contribution in [2.75, 3.05) is 7.11 Å². The monoisotopic (exact) mass is 298 g/mol. The molecule has 1 aliphatic heterocycles. The molecule has 0 aromatic heterocycles. The molecule has 4 heteroatoms. The van der Waals surface area contributed by atoms with Gasteiger partial charge in [-0.05, 0) is 18.4 Å². The Labute approximate surface area is 129 Å². The van der Waals surface area contributed by atoms with Crippen LogP contribution in [0.25, 0.3) is 0 Å². The van der Waals surface area contributed by atoms with Crippen LogP contribution in [0.1, 0.15) is 37.4 Å². The second kappa shape index (κ2) is 5.17. The molecule has 3 rings (SSSR count). The van der Waals surface area contributed by atoms with Gasteiger partial charge in [0.1, 0.15) is 6.10 Å². The van der Waals surface area contributed by atoms with Crippen molar-refractivity contribution in [3.63, 3.8) is 0 Å². The predicted octanol–water partition coefficient (Wildman–Crippen LogP) is 2.64. The van der Waals surface area contributed by atoms with Crippen molar-refractivity contribution in [1.82, 2.24) is 0 Å². The van der Waals surface area contributed by atoms with E-state index in [2.05, 4.69) is 5.92 Å². The van der Waals surface area contributed by atoms with Crippen LogP contribution in [-0.2, 0) is 19.1 Å². The average Bonchev–Trinajstić information content (AvgIpc) is 3.03. The van der Waals surface area contributed by atoms with Crippen LogP contribution in [0.5, 0.6) is 0 Å². The molecule has 0 N–H and O–H groups in total. The molecule has 1 saturated heterocycles. The van der Waals surface area contributed by atoms with Crippen molar-refractivity contribution in [2.24, 2.45) is 10.8 Å². The molecule has 1 aliphatic carbocycles. The Morgan fingerprint density at radius 2 is 2.14 bits per heavy atom. The van der Waals surface area contributed by atoms with Gasteiger partial charge >= 0.3 is 11.9 Å². The lowest BCUT2D eigenvalue weighted by Crippen LogP contribution is -2.46. The van der Waals surface area contributed by atoms with E-state index in [1.54, 1.807) is 0 Å². The third-order valence-corrected chi connectivity index (χ3v) is 5.15. The smallest absolute Gasteiger partial charge is 0.324 e. The van der Waals surface area contributed by atoms with E-state index in [1.165, 1.54) is 7.11 Å². The quantitative estimate of drug-likeness (QED) is 0.489. The molecule has 4 nitrogen and oxygen atoms in total. The molecule has 1 aromatic rings. The number of benzene rings is 1. The minimum absolute atomic E-state index is 0.313. The van der Waals surface area contributed by atoms with Gasteiger partial charge in [0.15, 0.2) is 5.41 Å². The molecular formula is C18H18O4. The topological polar surface area (TPSA) is 52.6 Å². The normalized spacial score (nSPS) is 32.9. The van der Waals surface area contributed by atoms with E-state index < -0.39 is 28.9 Å². The van der Waals surface area contributed by atoms with E-state index in [4.69, 9.17) is 15.9 Å². The van der Waals surface area contributed by atoms with Crippen LogP contribution in [0.4, 0.5) is 0 Å². The highest BCUT2D eigenvalue weighted by atomic mass is 16.6. The first-order chi connectivity index (χ1) is 10.6. The first-order valence-corrected chi connectivity index (χ1v) is 7.40. The molecule has 3 atom stereocenters. The third kappa shape index (κ3) is 1.65. The van der Waals surface area contributed by atoms with E-state index in [9.17, 15) is 9.59 Å². The summed E-state index contributed by atoms with van der Waals surface area (Å²) in [6.45, 7) is 0. The SMILES string of the molecule is C#CC[C@@]12CCC[C@]1(C(=O)OC)C(=O)O[C@@H]2c1ccccc1. The Hall–Kier alpha value is -2.28. The maximum Gasteiger partial charge on any atom is 0.324 e. The molecule has 0 amide bonds. The van der Waals surface area contributed by atoms with Crippen LogP contribution in [0.15, 0.2) is 30.3 Å². The van der Waals surface area contributed by atoms with Crippen LogP contribution < -0.4 is 0 Å². The molecule has 1 aromatic carbocycles. The van der Waals surface area contributed by atoms with Crippen LogP contribution in [0.3, 0.4) is 0 Å². The summed E-state index contributed by atoms with van der Waals surface area (Å²) in [4.78, 5) is 25.1. The number of terminal acetylenes is 1. The first kappa shape index (κ1) is 14.6. The van der Waals surface area contributed by atoms with Crippen molar-refractivity contribution in [2.45, 2.75) is 31.8 Å². The molecule has 2 aliphatic rings. The maximum atomic E-state index is 12.7. The van der Waals surface area contributed by atoms with Crippen LogP contribution in [-0.4, -0.2) is 19.0 Å². The summed E-state index contributed by atoms with van der Waals surface area (Å²) in [5, 5.41) is 0. The van der Waals surface area contributed by atoms with Crippen LogP contribution >= 0.6 is 0 Å². The summed E-state index contributed by atoms with van der Waals surface area (Å²) in [5.74, 6) is 1.63. The van der Waals surface area contributed by atoms with Gasteiger partial charge in [0.25, 0.3) is 0 Å². The maximum absolute atomic E-state index is 12.7. The number of cyclic esters (lactones) is 1. The van der Waals surface area contributed by atoms with Crippen molar-refractivity contribution < 1.29 is 19.1 Å². The van der Waals surface area contributed by atoms with E-state index in [1.807, 2.05) is 30.3 Å². The molecule has 114 valence electrons. The van der Waals surface area contributed by atoms with Gasteiger partial charge < -0.3 is 9.47 Å². The molecule has 0 radical (unpaired) electrons. The number of rotatable bonds is 3. The number of fused-ring (bicyclic) bond motifs is 1. The van der Waals surface area contributed by atoms with Gasteiger partial charge in [0.05, 0.1) is 7.11 Å². The van der Waals surface area contributed by atoms with E-state index in [-0.39, 0.29) is 0 Å². The van der Waals surface area contributed by atoms with E-state index in [0.717, 1.165) is 12.0 Å². The molecule has 1 saturated carbocycles. The summed E-state index contributed by atoms with van der Waals surface area (Å²) in [7, 11) is 1.30. The fourth-order valence-electron chi connectivity index (χ4n) is 4.20. The molecule has 22 heavy (non-hydrogen) atoms. The second-order valence-electron chi connectivity index (χ2n) is 5.98. The van der Waals surface area contributed by atoms with Gasteiger partial charge in [-0.25, -0.2) is 0 Å². The lowest BCUT2D eigenvalue weighted by atomic mass is 9.61. The standard InChI is InChI=1S/C18H18O4/c1-3-10-17-11-7-12-18(17,15(19)21-2)16(20)22-14(17)13-8-5-4-6-9-13/h1,4-6,8-9,14H,7,10-12H2,2H3/t14-,17+,18+/m1/s1. The summed E-state index contributed by atoms with van der Waals surface area (Å²) >= 11 is 0. The van der Waals surface area contributed by atoms with Crippen molar-refractivity contribution in [3.8, 4) is 12.3 Å². The molecule has 0 bridgehead atoms. The highest BCUT2D eigenvalue weighted by molar-refractivity contribution is 6.03. The average molecular weight is 298 g/mol. The van der Waals surface area contributed by atoms with E-state index >= 15 is 0 Å². The molecule has 2 fully saturated rings. The van der Waals surface area contributed by atoms with Gasteiger partial charge in [0, 0.05) is 11.8 Å². The fourth-order valence-corrected chi connectivity index (χ4v) is 4.20. The van der Waals surface area contributed by atoms with Crippen LogP contribution in [0, 0.1) is 23.2 Å². The molecule has 0 unspecified atom stereocenters. The van der Waals surface area contributed by atoms with Crippen molar-refractivity contribution in [1.29, 1.82) is 0 Å². The Morgan fingerprint density at radius 3 is 2.77 bits per heavy atom.